The van der Waals surface area contributed by atoms with E-state index in [1.165, 1.54) is 44.3 Å². The Morgan fingerprint density at radius 1 is 1.18 bits per heavy atom. The van der Waals surface area contributed by atoms with Gasteiger partial charge in [0.25, 0.3) is 0 Å². The Bertz CT molecular complexity index is 359. The van der Waals surface area contributed by atoms with Crippen LogP contribution >= 0.6 is 15.9 Å². The van der Waals surface area contributed by atoms with Crippen molar-refractivity contribution in [2.24, 2.45) is 0 Å². The first-order chi connectivity index (χ1) is 8.29. The quantitative estimate of drug-likeness (QED) is 0.841. The van der Waals surface area contributed by atoms with E-state index < -0.39 is 0 Å². The summed E-state index contributed by atoms with van der Waals surface area (Å²) in [4.78, 5) is 2.54. The summed E-state index contributed by atoms with van der Waals surface area (Å²) in [5, 5.41) is 0. The molecule has 0 atom stereocenters. The van der Waals surface area contributed by atoms with Gasteiger partial charge in [-0.25, -0.2) is 0 Å². The molecule has 1 aliphatic heterocycles. The van der Waals surface area contributed by atoms with Gasteiger partial charge >= 0.3 is 0 Å². The minimum Gasteiger partial charge on any atom is -0.496 e. The van der Waals surface area contributed by atoms with Gasteiger partial charge in [-0.05, 0) is 44.1 Å². The second kappa shape index (κ2) is 6.41. The van der Waals surface area contributed by atoms with Crippen LogP contribution in [-0.4, -0.2) is 25.1 Å². The largest absolute Gasteiger partial charge is 0.496 e. The van der Waals surface area contributed by atoms with Crippen molar-refractivity contribution in [3.63, 3.8) is 0 Å². The molecule has 1 aromatic rings. The smallest absolute Gasteiger partial charge is 0.123 e. The molecule has 0 amide bonds. The first kappa shape index (κ1) is 12.9. The number of ether oxygens (including phenoxy) is 1. The molecule has 1 heterocycles. The van der Waals surface area contributed by atoms with Crippen molar-refractivity contribution in [3.05, 3.63) is 28.2 Å². The van der Waals surface area contributed by atoms with E-state index in [0.717, 1.165) is 16.8 Å². The highest BCUT2D eigenvalue weighted by atomic mass is 79.9. The second-order valence-electron chi connectivity index (χ2n) is 4.65. The van der Waals surface area contributed by atoms with Gasteiger partial charge < -0.3 is 4.74 Å². The average Bonchev–Trinajstić information content (AvgIpc) is 2.58. The third kappa shape index (κ3) is 3.71. The van der Waals surface area contributed by atoms with Crippen molar-refractivity contribution >= 4 is 15.9 Å². The third-order valence-electron chi connectivity index (χ3n) is 3.34. The molecule has 0 bridgehead atoms. The van der Waals surface area contributed by atoms with Crippen LogP contribution in [0.5, 0.6) is 5.75 Å². The van der Waals surface area contributed by atoms with Gasteiger partial charge in [0.2, 0.25) is 0 Å². The van der Waals surface area contributed by atoms with Crippen LogP contribution in [0.2, 0.25) is 0 Å². The Morgan fingerprint density at radius 3 is 2.53 bits per heavy atom. The molecule has 1 fully saturated rings. The molecule has 0 saturated carbocycles. The van der Waals surface area contributed by atoms with Crippen molar-refractivity contribution in [2.75, 3.05) is 20.2 Å². The van der Waals surface area contributed by atoms with Crippen LogP contribution in [0.1, 0.15) is 31.2 Å². The van der Waals surface area contributed by atoms with Crippen LogP contribution in [0.15, 0.2) is 22.7 Å². The van der Waals surface area contributed by atoms with Gasteiger partial charge in [-0.1, -0.05) is 28.8 Å². The Hall–Kier alpha value is -0.540. The van der Waals surface area contributed by atoms with Gasteiger partial charge in [0.05, 0.1) is 7.11 Å². The molecule has 0 spiro atoms. The molecule has 0 aliphatic carbocycles. The predicted molar refractivity (Wildman–Crippen MR) is 74.4 cm³/mol. The zero-order valence-corrected chi connectivity index (χ0v) is 12.0. The van der Waals surface area contributed by atoms with Crippen LogP contribution in [0.3, 0.4) is 0 Å². The number of halogens is 1. The average molecular weight is 298 g/mol. The zero-order chi connectivity index (χ0) is 12.1. The van der Waals surface area contributed by atoms with Crippen molar-refractivity contribution in [2.45, 2.75) is 32.2 Å². The molecule has 1 aromatic carbocycles. The lowest BCUT2D eigenvalue weighted by atomic mass is 10.2. The minimum absolute atomic E-state index is 0.998. The normalized spacial score (nSPS) is 17.8. The van der Waals surface area contributed by atoms with Crippen LogP contribution in [0.4, 0.5) is 0 Å². The SMILES string of the molecule is COc1ccc(Br)cc1CN1CCCCCC1. The van der Waals surface area contributed by atoms with E-state index in [1.807, 2.05) is 12.1 Å². The first-order valence-corrected chi connectivity index (χ1v) is 7.13. The Kier molecular flexibility index (Phi) is 4.86. The highest BCUT2D eigenvalue weighted by Crippen LogP contribution is 2.25. The van der Waals surface area contributed by atoms with E-state index in [4.69, 9.17) is 4.74 Å². The summed E-state index contributed by atoms with van der Waals surface area (Å²) in [6, 6.07) is 6.24. The van der Waals surface area contributed by atoms with Gasteiger partial charge in [-0.15, -0.1) is 0 Å². The minimum atomic E-state index is 0.998. The summed E-state index contributed by atoms with van der Waals surface area (Å²) in [5.41, 5.74) is 1.28. The van der Waals surface area contributed by atoms with E-state index in [-0.39, 0.29) is 0 Å². The molecular formula is C14H20BrNO. The molecular weight excluding hydrogens is 278 g/mol. The number of hydrogen-bond acceptors (Lipinski definition) is 2. The summed E-state index contributed by atoms with van der Waals surface area (Å²) in [7, 11) is 1.75. The third-order valence-corrected chi connectivity index (χ3v) is 3.83. The maximum Gasteiger partial charge on any atom is 0.123 e. The predicted octanol–water partition coefficient (Wildman–Crippen LogP) is 3.83. The molecule has 2 rings (SSSR count). The number of benzene rings is 1. The van der Waals surface area contributed by atoms with Gasteiger partial charge in [-0.3, -0.25) is 4.90 Å². The van der Waals surface area contributed by atoms with E-state index in [9.17, 15) is 0 Å². The van der Waals surface area contributed by atoms with Gasteiger partial charge in [0.1, 0.15) is 5.75 Å². The second-order valence-corrected chi connectivity index (χ2v) is 5.56. The molecule has 0 radical (unpaired) electrons. The van der Waals surface area contributed by atoms with Gasteiger partial charge in [-0.2, -0.15) is 0 Å². The highest BCUT2D eigenvalue weighted by molar-refractivity contribution is 9.10. The van der Waals surface area contributed by atoms with E-state index in [2.05, 4.69) is 26.9 Å². The van der Waals surface area contributed by atoms with Gasteiger partial charge in [0.15, 0.2) is 0 Å². The maximum atomic E-state index is 5.43. The van der Waals surface area contributed by atoms with Crippen molar-refractivity contribution in [1.29, 1.82) is 0 Å². The van der Waals surface area contributed by atoms with E-state index >= 15 is 0 Å². The summed E-state index contributed by atoms with van der Waals surface area (Å²) < 4.78 is 6.55. The fraction of sp³-hybridized carbons (Fsp3) is 0.571. The summed E-state index contributed by atoms with van der Waals surface area (Å²) in [5.74, 6) is 0.998. The van der Waals surface area contributed by atoms with Crippen molar-refractivity contribution in [1.82, 2.24) is 4.90 Å². The fourth-order valence-electron chi connectivity index (χ4n) is 2.41. The maximum absolute atomic E-state index is 5.43. The van der Waals surface area contributed by atoms with Crippen molar-refractivity contribution < 1.29 is 4.74 Å². The summed E-state index contributed by atoms with van der Waals surface area (Å²) in [6.07, 6.45) is 5.42. The van der Waals surface area contributed by atoms with Crippen LogP contribution in [0, 0.1) is 0 Å². The van der Waals surface area contributed by atoms with E-state index in [0.29, 0.717) is 0 Å². The van der Waals surface area contributed by atoms with Crippen LogP contribution < -0.4 is 4.74 Å². The lowest BCUT2D eigenvalue weighted by molar-refractivity contribution is 0.271. The zero-order valence-electron chi connectivity index (χ0n) is 10.4. The first-order valence-electron chi connectivity index (χ1n) is 6.34. The van der Waals surface area contributed by atoms with Crippen molar-refractivity contribution in [3.8, 4) is 5.75 Å². The fourth-order valence-corrected chi connectivity index (χ4v) is 2.81. The molecule has 2 nitrogen and oxygen atoms in total. The Morgan fingerprint density at radius 2 is 1.88 bits per heavy atom. The molecule has 94 valence electrons. The lowest BCUT2D eigenvalue weighted by Crippen LogP contribution is -2.24. The number of nitrogens with zero attached hydrogens (tertiary/aromatic N) is 1. The van der Waals surface area contributed by atoms with Crippen LogP contribution in [0.25, 0.3) is 0 Å². The number of likely N-dealkylation sites (tertiary alicyclic amines) is 1. The molecule has 0 N–H and O–H groups in total. The Balaban J connectivity index is 2.07. The highest BCUT2D eigenvalue weighted by Gasteiger charge is 2.12. The molecule has 17 heavy (non-hydrogen) atoms. The molecule has 3 heteroatoms. The number of hydrogen-bond donors (Lipinski definition) is 0. The van der Waals surface area contributed by atoms with E-state index in [1.54, 1.807) is 7.11 Å². The summed E-state index contributed by atoms with van der Waals surface area (Å²) in [6.45, 7) is 3.44. The lowest BCUT2D eigenvalue weighted by Gasteiger charge is -2.21. The summed E-state index contributed by atoms with van der Waals surface area (Å²) >= 11 is 3.53. The topological polar surface area (TPSA) is 12.5 Å². The standard InChI is InChI=1S/C14H20BrNO/c1-17-14-7-6-13(15)10-12(14)11-16-8-4-2-3-5-9-16/h6-7,10H,2-5,8-9,11H2,1H3. The monoisotopic (exact) mass is 297 g/mol. The molecule has 0 unspecified atom stereocenters. The van der Waals surface area contributed by atoms with Crippen LogP contribution in [-0.2, 0) is 6.54 Å². The molecule has 1 saturated heterocycles. The van der Waals surface area contributed by atoms with Gasteiger partial charge in [0, 0.05) is 16.6 Å². The Labute approximate surface area is 112 Å². The molecule has 1 aliphatic rings. The number of rotatable bonds is 3. The number of methoxy groups -OCH3 is 1. The molecule has 0 aromatic heterocycles.